The predicted molar refractivity (Wildman–Crippen MR) is 50.3 cm³/mol. The van der Waals surface area contributed by atoms with E-state index >= 15 is 0 Å². The van der Waals surface area contributed by atoms with Gasteiger partial charge in [-0.15, -0.1) is 0 Å². The third-order valence-electron chi connectivity index (χ3n) is 2.22. The Morgan fingerprint density at radius 1 is 1.29 bits per heavy atom. The van der Waals surface area contributed by atoms with Crippen LogP contribution in [-0.2, 0) is 0 Å². The summed E-state index contributed by atoms with van der Waals surface area (Å²) in [6.45, 7) is 3.70. The molecule has 0 unspecified atom stereocenters. The van der Waals surface area contributed by atoms with Crippen molar-refractivity contribution in [2.75, 3.05) is 0 Å². The van der Waals surface area contributed by atoms with Crippen LogP contribution in [0.15, 0.2) is 33.6 Å². The van der Waals surface area contributed by atoms with Crippen LogP contribution in [0.5, 0.6) is 0 Å². The number of aromatic amines is 1. The van der Waals surface area contributed by atoms with Crippen molar-refractivity contribution in [3.05, 3.63) is 45.9 Å². The van der Waals surface area contributed by atoms with Gasteiger partial charge in [0.2, 0.25) is 5.69 Å². The summed E-state index contributed by atoms with van der Waals surface area (Å²) in [4.78, 5) is 11.1. The Balaban J connectivity index is 2.66. The largest absolute Gasteiger partial charge is 0.430 e. The van der Waals surface area contributed by atoms with E-state index in [4.69, 9.17) is 0 Å². The average molecular weight is 191 g/mol. The second kappa shape index (κ2) is 3.14. The first-order valence-corrected chi connectivity index (χ1v) is 4.36. The summed E-state index contributed by atoms with van der Waals surface area (Å²) < 4.78 is 6.32. The highest BCUT2D eigenvalue weighted by atomic mass is 16.5. The molecule has 0 radical (unpaired) electrons. The van der Waals surface area contributed by atoms with Crippen LogP contribution in [0.25, 0.3) is 5.69 Å². The molecule has 4 heteroatoms. The monoisotopic (exact) mass is 191 g/mol. The third kappa shape index (κ3) is 1.25. The van der Waals surface area contributed by atoms with Crippen LogP contribution in [0.3, 0.4) is 0 Å². The van der Waals surface area contributed by atoms with E-state index in [1.165, 1.54) is 0 Å². The first kappa shape index (κ1) is 8.74. The molecule has 1 N–H and O–H groups in total. The molecule has 0 bridgehead atoms. The Morgan fingerprint density at radius 2 is 2.00 bits per heavy atom. The van der Waals surface area contributed by atoms with Gasteiger partial charge in [-0.2, -0.15) is 0 Å². The maximum atomic E-state index is 11.1. The van der Waals surface area contributed by atoms with Crippen molar-refractivity contribution in [2.24, 2.45) is 0 Å². The lowest BCUT2D eigenvalue weighted by Crippen LogP contribution is -2.37. The average Bonchev–Trinajstić information content (AvgIpc) is 2.49. The van der Waals surface area contributed by atoms with Gasteiger partial charge in [-0.1, -0.05) is 18.2 Å². The second-order valence-electron chi connectivity index (χ2n) is 3.19. The second-order valence-corrected chi connectivity index (χ2v) is 3.19. The summed E-state index contributed by atoms with van der Waals surface area (Å²) in [5, 5.41) is 2.56. The van der Waals surface area contributed by atoms with Crippen LogP contribution in [0.2, 0.25) is 0 Å². The molecule has 1 aromatic carbocycles. The first-order valence-electron chi connectivity index (χ1n) is 4.36. The highest BCUT2D eigenvalue weighted by molar-refractivity contribution is 5.31. The molecule has 0 spiro atoms. The van der Waals surface area contributed by atoms with Crippen molar-refractivity contribution < 1.29 is 9.20 Å². The van der Waals surface area contributed by atoms with Crippen molar-refractivity contribution in [1.82, 2.24) is 5.27 Å². The van der Waals surface area contributed by atoms with Crippen LogP contribution in [0.4, 0.5) is 0 Å². The topological polar surface area (TPSA) is 49.9 Å². The van der Waals surface area contributed by atoms with E-state index in [0.717, 1.165) is 11.3 Å². The molecule has 72 valence electrons. The van der Waals surface area contributed by atoms with E-state index in [0.29, 0.717) is 5.69 Å². The number of nitrogens with one attached hydrogen (secondary N) is 1. The number of aryl methyl sites for hydroxylation is 1. The maximum absolute atomic E-state index is 11.1. The summed E-state index contributed by atoms with van der Waals surface area (Å²) in [5.74, 6) is 0. The lowest BCUT2D eigenvalue weighted by atomic mass is 10.2. The molecule has 0 aliphatic rings. The van der Waals surface area contributed by atoms with Gasteiger partial charge >= 0.3 is 5.63 Å². The van der Waals surface area contributed by atoms with Gasteiger partial charge < -0.3 is 0 Å². The molecule has 0 saturated heterocycles. The summed E-state index contributed by atoms with van der Waals surface area (Å²) in [6, 6.07) is 7.77. The van der Waals surface area contributed by atoms with Gasteiger partial charge in [0.05, 0.1) is 0 Å². The number of rotatable bonds is 1. The SMILES string of the molecule is Cc1ccccc1-[n+]1[nH]oc(=O)c1C. The number of aromatic nitrogens is 2. The fourth-order valence-electron chi connectivity index (χ4n) is 1.36. The van der Waals surface area contributed by atoms with Gasteiger partial charge in [-0.25, -0.2) is 4.79 Å². The van der Waals surface area contributed by atoms with Crippen LogP contribution >= 0.6 is 0 Å². The number of hydrogen-bond acceptors (Lipinski definition) is 2. The minimum atomic E-state index is -0.340. The van der Waals surface area contributed by atoms with Crippen molar-refractivity contribution >= 4 is 0 Å². The van der Waals surface area contributed by atoms with E-state index in [9.17, 15) is 4.79 Å². The Kier molecular flexibility index (Phi) is 1.96. The number of benzene rings is 1. The van der Waals surface area contributed by atoms with Crippen LogP contribution < -0.4 is 10.3 Å². The zero-order chi connectivity index (χ0) is 10.1. The fraction of sp³-hybridized carbons (Fsp3) is 0.200. The van der Waals surface area contributed by atoms with E-state index in [-0.39, 0.29) is 5.63 Å². The smallest absolute Gasteiger partial charge is 0.283 e. The summed E-state index contributed by atoms with van der Waals surface area (Å²) in [5.41, 5.74) is 2.21. The normalized spacial score (nSPS) is 10.4. The number of para-hydroxylation sites is 1. The molecule has 2 rings (SSSR count). The Labute approximate surface area is 80.7 Å². The summed E-state index contributed by atoms with van der Waals surface area (Å²) in [6.07, 6.45) is 0. The van der Waals surface area contributed by atoms with Crippen LogP contribution in [0.1, 0.15) is 11.3 Å². The van der Waals surface area contributed by atoms with E-state index in [1.54, 1.807) is 11.6 Å². The molecule has 1 heterocycles. The zero-order valence-corrected chi connectivity index (χ0v) is 8.07. The Bertz CT molecular complexity index is 511. The van der Waals surface area contributed by atoms with Crippen LogP contribution in [0, 0.1) is 13.8 Å². The molecule has 2 aromatic rings. The molecular weight excluding hydrogens is 180 g/mol. The molecule has 0 aliphatic carbocycles. The van der Waals surface area contributed by atoms with Gasteiger partial charge in [0.1, 0.15) is 0 Å². The quantitative estimate of drug-likeness (QED) is 0.680. The van der Waals surface area contributed by atoms with Gasteiger partial charge in [-0.05, 0) is 16.9 Å². The standard InChI is InChI=1S/C10H10N2O2/c1-7-5-3-4-6-9(7)12-8(2)10(13)14-11-12/h3-6H,1-2H3/p+1. The number of nitrogens with zero attached hydrogens (tertiary/aromatic N) is 1. The minimum Gasteiger partial charge on any atom is -0.283 e. The van der Waals surface area contributed by atoms with E-state index in [1.807, 2.05) is 31.2 Å². The Morgan fingerprint density at radius 3 is 2.57 bits per heavy atom. The predicted octanol–water partition coefficient (Wildman–Crippen LogP) is 0.861. The van der Waals surface area contributed by atoms with Crippen LogP contribution in [-0.4, -0.2) is 5.27 Å². The molecular formula is C10H11N2O2+. The van der Waals surface area contributed by atoms with Gasteiger partial charge in [-0.3, -0.25) is 4.52 Å². The van der Waals surface area contributed by atoms with Crippen molar-refractivity contribution in [3.63, 3.8) is 0 Å². The molecule has 4 nitrogen and oxygen atoms in total. The molecule has 0 amide bonds. The molecule has 1 aromatic heterocycles. The highest BCUT2D eigenvalue weighted by Crippen LogP contribution is 2.05. The fourth-order valence-corrected chi connectivity index (χ4v) is 1.36. The molecule has 14 heavy (non-hydrogen) atoms. The van der Waals surface area contributed by atoms with E-state index in [2.05, 4.69) is 9.79 Å². The maximum Gasteiger partial charge on any atom is 0.430 e. The molecule has 0 atom stereocenters. The number of hydrogen-bond donors (Lipinski definition) is 1. The molecule has 0 fully saturated rings. The lowest BCUT2D eigenvalue weighted by Gasteiger charge is -1.94. The van der Waals surface area contributed by atoms with Crippen molar-refractivity contribution in [2.45, 2.75) is 13.8 Å². The molecule has 0 saturated carbocycles. The third-order valence-corrected chi connectivity index (χ3v) is 2.22. The summed E-state index contributed by atoms with van der Waals surface area (Å²) >= 11 is 0. The first-order chi connectivity index (χ1) is 6.70. The van der Waals surface area contributed by atoms with Gasteiger partial charge in [0, 0.05) is 18.6 Å². The highest BCUT2D eigenvalue weighted by Gasteiger charge is 2.19. The minimum absolute atomic E-state index is 0.340. The van der Waals surface area contributed by atoms with Gasteiger partial charge in [0.15, 0.2) is 0 Å². The summed E-state index contributed by atoms with van der Waals surface area (Å²) in [7, 11) is 0. The zero-order valence-electron chi connectivity index (χ0n) is 8.07. The van der Waals surface area contributed by atoms with E-state index < -0.39 is 0 Å². The molecule has 0 aliphatic heterocycles. The Hall–Kier alpha value is -1.84. The van der Waals surface area contributed by atoms with Crippen molar-refractivity contribution in [3.8, 4) is 5.69 Å². The van der Waals surface area contributed by atoms with Crippen molar-refractivity contribution in [1.29, 1.82) is 0 Å². The van der Waals surface area contributed by atoms with Gasteiger partial charge in [0.25, 0.3) is 5.69 Å². The number of H-pyrrole nitrogens is 1. The lowest BCUT2D eigenvalue weighted by molar-refractivity contribution is -0.676.